The van der Waals surface area contributed by atoms with E-state index in [0.29, 0.717) is 31.4 Å². The van der Waals surface area contributed by atoms with E-state index in [0.717, 1.165) is 5.56 Å². The Labute approximate surface area is 121 Å². The number of nitrogens with one attached hydrogen (secondary N) is 3. The first-order valence-corrected chi connectivity index (χ1v) is 6.45. The number of hydrogen-bond acceptors (Lipinski definition) is 9. The molecule has 21 heavy (non-hydrogen) atoms. The molecule has 0 spiro atoms. The number of pyridine rings is 1. The summed E-state index contributed by atoms with van der Waals surface area (Å²) in [6, 6.07) is 3.75. The second-order valence-corrected chi connectivity index (χ2v) is 4.13. The highest BCUT2D eigenvalue weighted by molar-refractivity contribution is 5.41. The minimum Gasteiger partial charge on any atom is -0.396 e. The van der Waals surface area contributed by atoms with Crippen molar-refractivity contribution in [1.82, 2.24) is 19.9 Å². The van der Waals surface area contributed by atoms with Crippen LogP contribution in [0.4, 0.5) is 17.8 Å². The minimum atomic E-state index is 0.0359. The van der Waals surface area contributed by atoms with Gasteiger partial charge < -0.3 is 15.7 Å². The van der Waals surface area contributed by atoms with Crippen molar-refractivity contribution in [2.45, 2.75) is 13.0 Å². The average molecular weight is 291 g/mol. The third-order valence-corrected chi connectivity index (χ3v) is 2.55. The molecule has 0 amide bonds. The van der Waals surface area contributed by atoms with E-state index < -0.39 is 0 Å². The van der Waals surface area contributed by atoms with Crippen molar-refractivity contribution in [3.05, 3.63) is 30.1 Å². The molecule has 2 heterocycles. The minimum absolute atomic E-state index is 0.0359. The van der Waals surface area contributed by atoms with Gasteiger partial charge in [0.15, 0.2) is 0 Å². The molecular weight excluding hydrogens is 274 g/mol. The lowest BCUT2D eigenvalue weighted by Gasteiger charge is -2.09. The lowest BCUT2D eigenvalue weighted by molar-refractivity contribution is 0.292. The van der Waals surface area contributed by atoms with Gasteiger partial charge in [0.2, 0.25) is 11.9 Å². The van der Waals surface area contributed by atoms with Crippen molar-refractivity contribution < 1.29 is 10.3 Å². The quantitative estimate of drug-likeness (QED) is 0.348. The number of aromatic nitrogens is 4. The van der Waals surface area contributed by atoms with Gasteiger partial charge in [0.25, 0.3) is 5.95 Å². The van der Waals surface area contributed by atoms with Crippen LogP contribution in [0.1, 0.15) is 12.0 Å². The third kappa shape index (κ3) is 4.82. The van der Waals surface area contributed by atoms with Crippen molar-refractivity contribution >= 4 is 17.8 Å². The third-order valence-electron chi connectivity index (χ3n) is 2.55. The van der Waals surface area contributed by atoms with E-state index in [4.69, 9.17) is 10.3 Å². The predicted octanol–water partition coefficient (Wildman–Crippen LogP) is 0.474. The van der Waals surface area contributed by atoms with Gasteiger partial charge in [-0.3, -0.25) is 10.2 Å². The first-order valence-electron chi connectivity index (χ1n) is 6.45. The summed E-state index contributed by atoms with van der Waals surface area (Å²) in [6.45, 7) is 1.12. The highest BCUT2D eigenvalue weighted by atomic mass is 16.5. The van der Waals surface area contributed by atoms with Crippen LogP contribution < -0.4 is 16.1 Å². The molecule has 0 atom stereocenters. The van der Waals surface area contributed by atoms with Gasteiger partial charge in [-0.1, -0.05) is 0 Å². The zero-order valence-corrected chi connectivity index (χ0v) is 11.3. The summed E-state index contributed by atoms with van der Waals surface area (Å²) in [5.74, 6) is 0.672. The van der Waals surface area contributed by atoms with Crippen LogP contribution >= 0.6 is 0 Å². The van der Waals surface area contributed by atoms with E-state index in [2.05, 4.69) is 30.6 Å². The number of aliphatic hydroxyl groups excluding tert-OH is 1. The zero-order valence-electron chi connectivity index (χ0n) is 11.3. The van der Waals surface area contributed by atoms with Gasteiger partial charge in [-0.05, 0) is 24.1 Å². The lowest BCUT2D eigenvalue weighted by atomic mass is 10.3. The largest absolute Gasteiger partial charge is 0.396 e. The molecule has 2 aromatic rings. The standard InChI is InChI=1S/C12H17N7O2/c20-7-1-4-14-10-16-11(18-12(17-10)19-21)15-8-9-2-5-13-6-3-9/h2-3,5-6,20-21H,1,4,7-8H2,(H3,14,15,16,17,18,19). The SMILES string of the molecule is OCCCNc1nc(NO)nc(NCc2ccncc2)n1. The number of aliphatic hydroxyl groups is 1. The Kier molecular flexibility index (Phi) is 5.61. The lowest BCUT2D eigenvalue weighted by Crippen LogP contribution is -2.12. The number of nitrogens with zero attached hydrogens (tertiary/aromatic N) is 4. The predicted molar refractivity (Wildman–Crippen MR) is 77.0 cm³/mol. The van der Waals surface area contributed by atoms with Crippen LogP contribution in [0, 0.1) is 0 Å². The molecule has 0 bridgehead atoms. The first-order chi connectivity index (χ1) is 10.3. The molecule has 0 radical (unpaired) electrons. The number of rotatable bonds is 8. The maximum absolute atomic E-state index is 8.94. The van der Waals surface area contributed by atoms with Crippen LogP contribution in [0.5, 0.6) is 0 Å². The van der Waals surface area contributed by atoms with Crippen LogP contribution in [-0.4, -0.2) is 43.4 Å². The number of hydrogen-bond donors (Lipinski definition) is 5. The van der Waals surface area contributed by atoms with Gasteiger partial charge in [-0.25, -0.2) is 5.48 Å². The maximum atomic E-state index is 8.94. The topological polar surface area (TPSA) is 128 Å². The van der Waals surface area contributed by atoms with Crippen molar-refractivity contribution in [3.63, 3.8) is 0 Å². The van der Waals surface area contributed by atoms with Gasteiger partial charge in [0, 0.05) is 32.1 Å². The molecule has 0 unspecified atom stereocenters. The Morgan fingerprint density at radius 1 is 0.952 bits per heavy atom. The summed E-state index contributed by atoms with van der Waals surface area (Å²) >= 11 is 0. The molecule has 9 nitrogen and oxygen atoms in total. The van der Waals surface area contributed by atoms with Gasteiger partial charge in [0.1, 0.15) is 0 Å². The summed E-state index contributed by atoms with van der Waals surface area (Å²) in [7, 11) is 0. The molecule has 0 aromatic carbocycles. The highest BCUT2D eigenvalue weighted by Crippen LogP contribution is 2.10. The molecule has 0 fully saturated rings. The van der Waals surface area contributed by atoms with Gasteiger partial charge in [-0.15, -0.1) is 0 Å². The Morgan fingerprint density at radius 3 is 2.29 bits per heavy atom. The molecular formula is C12H17N7O2. The second-order valence-electron chi connectivity index (χ2n) is 4.13. The molecule has 5 N–H and O–H groups in total. The molecule has 2 aromatic heterocycles. The van der Waals surface area contributed by atoms with E-state index in [1.54, 1.807) is 12.4 Å². The van der Waals surface area contributed by atoms with Gasteiger partial charge in [0.05, 0.1) is 0 Å². The van der Waals surface area contributed by atoms with Crippen molar-refractivity contribution in [3.8, 4) is 0 Å². The van der Waals surface area contributed by atoms with E-state index in [1.165, 1.54) is 0 Å². The molecule has 0 saturated carbocycles. The summed E-state index contributed by atoms with van der Waals surface area (Å²) in [6.07, 6.45) is 3.98. The Balaban J connectivity index is 2.02. The summed E-state index contributed by atoms with van der Waals surface area (Å²) in [4.78, 5) is 16.1. The van der Waals surface area contributed by atoms with E-state index in [1.807, 2.05) is 17.6 Å². The molecule has 112 valence electrons. The average Bonchev–Trinajstić information content (AvgIpc) is 2.54. The molecule has 0 aliphatic heterocycles. The Hall–Kier alpha value is -2.52. The normalized spacial score (nSPS) is 10.2. The fourth-order valence-electron chi connectivity index (χ4n) is 1.55. The monoisotopic (exact) mass is 291 g/mol. The van der Waals surface area contributed by atoms with Crippen molar-refractivity contribution in [1.29, 1.82) is 0 Å². The molecule has 9 heteroatoms. The van der Waals surface area contributed by atoms with Crippen LogP contribution in [0.3, 0.4) is 0 Å². The van der Waals surface area contributed by atoms with E-state index in [-0.39, 0.29) is 12.6 Å². The maximum Gasteiger partial charge on any atom is 0.253 e. The van der Waals surface area contributed by atoms with Crippen LogP contribution in [0.2, 0.25) is 0 Å². The van der Waals surface area contributed by atoms with Crippen molar-refractivity contribution in [2.24, 2.45) is 0 Å². The zero-order chi connectivity index (χ0) is 14.9. The number of anilines is 3. The van der Waals surface area contributed by atoms with Crippen molar-refractivity contribution in [2.75, 3.05) is 29.3 Å². The fraction of sp³-hybridized carbons (Fsp3) is 0.333. The van der Waals surface area contributed by atoms with E-state index >= 15 is 0 Å². The summed E-state index contributed by atoms with van der Waals surface area (Å²) in [5, 5.41) is 23.7. The van der Waals surface area contributed by atoms with Crippen LogP contribution in [-0.2, 0) is 6.54 Å². The van der Waals surface area contributed by atoms with Gasteiger partial charge >= 0.3 is 0 Å². The fourth-order valence-corrected chi connectivity index (χ4v) is 1.55. The van der Waals surface area contributed by atoms with Crippen LogP contribution in [0.15, 0.2) is 24.5 Å². The molecule has 2 rings (SSSR count). The molecule has 0 aliphatic carbocycles. The van der Waals surface area contributed by atoms with Crippen LogP contribution in [0.25, 0.3) is 0 Å². The highest BCUT2D eigenvalue weighted by Gasteiger charge is 2.05. The smallest absolute Gasteiger partial charge is 0.253 e. The summed E-state index contributed by atoms with van der Waals surface area (Å²) in [5.41, 5.74) is 2.92. The van der Waals surface area contributed by atoms with Gasteiger partial charge in [-0.2, -0.15) is 15.0 Å². The first kappa shape index (κ1) is 14.9. The van der Waals surface area contributed by atoms with E-state index in [9.17, 15) is 0 Å². The second kappa shape index (κ2) is 7.92. The summed E-state index contributed by atoms with van der Waals surface area (Å²) < 4.78 is 0. The Morgan fingerprint density at radius 2 is 1.62 bits per heavy atom. The Bertz CT molecular complexity index is 553. The molecule has 0 aliphatic rings. The molecule has 0 saturated heterocycles.